The zero-order chi connectivity index (χ0) is 14.1. The molecule has 2 heterocycles. The van der Waals surface area contributed by atoms with Crippen molar-refractivity contribution in [3.05, 3.63) is 66.0 Å². The third-order valence-corrected chi connectivity index (χ3v) is 4.87. The van der Waals surface area contributed by atoms with Gasteiger partial charge in [-0.1, -0.05) is 24.3 Å². The van der Waals surface area contributed by atoms with E-state index in [4.69, 9.17) is 0 Å². The summed E-state index contributed by atoms with van der Waals surface area (Å²) in [5.41, 5.74) is 5.81. The summed E-state index contributed by atoms with van der Waals surface area (Å²) in [5.74, 6) is 2.20. The number of hydrogen-bond acceptors (Lipinski definition) is 4. The molecule has 1 aliphatic rings. The molecule has 2 aromatic carbocycles. The Kier molecular flexibility index (Phi) is 3.24. The number of fused-ring (bicyclic) bond motifs is 2. The van der Waals surface area contributed by atoms with Gasteiger partial charge in [-0.2, -0.15) is 11.8 Å². The van der Waals surface area contributed by atoms with Crippen molar-refractivity contribution in [3.63, 3.8) is 0 Å². The first kappa shape index (κ1) is 12.7. The van der Waals surface area contributed by atoms with Crippen molar-refractivity contribution >= 4 is 28.5 Å². The van der Waals surface area contributed by atoms with Crippen molar-refractivity contribution in [2.45, 2.75) is 11.8 Å². The van der Waals surface area contributed by atoms with Crippen LogP contribution in [0.4, 0.5) is 5.69 Å². The van der Waals surface area contributed by atoms with Gasteiger partial charge in [-0.25, -0.2) is 0 Å². The molecule has 0 saturated carbocycles. The highest BCUT2D eigenvalue weighted by Crippen LogP contribution is 2.34. The molecule has 1 aliphatic heterocycles. The zero-order valence-electron chi connectivity index (χ0n) is 11.5. The molecule has 104 valence electrons. The lowest BCUT2D eigenvalue weighted by molar-refractivity contribution is 0.871. The predicted octanol–water partition coefficient (Wildman–Crippen LogP) is 4.03. The molecule has 0 aliphatic carbocycles. The van der Waals surface area contributed by atoms with Crippen LogP contribution in [-0.2, 0) is 5.75 Å². The minimum absolute atomic E-state index is 0.356. The second kappa shape index (κ2) is 5.37. The Morgan fingerprint density at radius 1 is 1.00 bits per heavy atom. The largest absolute Gasteiger partial charge is 0.377 e. The van der Waals surface area contributed by atoms with Gasteiger partial charge in [0.05, 0.1) is 17.1 Å². The van der Waals surface area contributed by atoms with Crippen LogP contribution in [0, 0.1) is 0 Å². The monoisotopic (exact) mass is 293 g/mol. The molecule has 21 heavy (non-hydrogen) atoms. The van der Waals surface area contributed by atoms with E-state index in [1.54, 1.807) is 12.4 Å². The molecular formula is C17H15N3S. The Morgan fingerprint density at radius 2 is 1.86 bits per heavy atom. The van der Waals surface area contributed by atoms with Crippen molar-refractivity contribution in [3.8, 4) is 0 Å². The van der Waals surface area contributed by atoms with Crippen LogP contribution >= 0.6 is 11.8 Å². The minimum Gasteiger partial charge on any atom is -0.377 e. The topological polar surface area (TPSA) is 37.8 Å². The number of nitrogens with zero attached hydrogens (tertiary/aromatic N) is 2. The zero-order valence-corrected chi connectivity index (χ0v) is 12.3. The van der Waals surface area contributed by atoms with Gasteiger partial charge in [0.25, 0.3) is 0 Å². The number of benzene rings is 2. The molecular weight excluding hydrogens is 278 g/mol. The molecule has 3 aromatic rings. The summed E-state index contributed by atoms with van der Waals surface area (Å²) in [6.07, 6.45) is 3.46. The Balaban J connectivity index is 1.66. The number of anilines is 1. The van der Waals surface area contributed by atoms with Crippen molar-refractivity contribution in [2.75, 3.05) is 11.1 Å². The molecule has 1 aromatic heterocycles. The van der Waals surface area contributed by atoms with Crippen LogP contribution < -0.4 is 5.32 Å². The van der Waals surface area contributed by atoms with E-state index in [2.05, 4.69) is 51.7 Å². The molecule has 0 radical (unpaired) electrons. The fourth-order valence-electron chi connectivity index (χ4n) is 2.76. The molecule has 0 amide bonds. The molecule has 1 N–H and O–H groups in total. The molecule has 4 rings (SSSR count). The minimum atomic E-state index is 0.356. The lowest BCUT2D eigenvalue weighted by atomic mass is 10.0. The molecule has 0 fully saturated rings. The van der Waals surface area contributed by atoms with Crippen LogP contribution in [0.3, 0.4) is 0 Å². The molecule has 0 spiro atoms. The maximum absolute atomic E-state index is 4.37. The van der Waals surface area contributed by atoms with E-state index < -0.39 is 0 Å². The maximum atomic E-state index is 4.37. The van der Waals surface area contributed by atoms with E-state index in [9.17, 15) is 0 Å². The molecule has 1 unspecified atom stereocenters. The summed E-state index contributed by atoms with van der Waals surface area (Å²) in [5, 5.41) is 3.64. The van der Waals surface area contributed by atoms with Gasteiger partial charge >= 0.3 is 0 Å². The maximum Gasteiger partial charge on any atom is 0.0907 e. The van der Waals surface area contributed by atoms with Gasteiger partial charge in [-0.05, 0) is 29.3 Å². The Bertz CT molecular complexity index is 788. The predicted molar refractivity (Wildman–Crippen MR) is 88.5 cm³/mol. The van der Waals surface area contributed by atoms with E-state index in [1.807, 2.05) is 17.8 Å². The van der Waals surface area contributed by atoms with Gasteiger partial charge in [-0.3, -0.25) is 9.97 Å². The molecule has 3 nitrogen and oxygen atoms in total. The van der Waals surface area contributed by atoms with Crippen LogP contribution in [0.2, 0.25) is 0 Å². The molecule has 1 atom stereocenters. The first-order valence-corrected chi connectivity index (χ1v) is 8.18. The highest BCUT2D eigenvalue weighted by atomic mass is 32.2. The SMILES string of the molecule is c1ccc2c(c1)CSCC2Nc1ccc2nccnc2c1. The van der Waals surface area contributed by atoms with Gasteiger partial charge in [-0.15, -0.1) is 0 Å². The van der Waals surface area contributed by atoms with Crippen LogP contribution in [0.25, 0.3) is 11.0 Å². The van der Waals surface area contributed by atoms with Crippen LogP contribution in [-0.4, -0.2) is 15.7 Å². The normalized spacial score (nSPS) is 17.4. The average molecular weight is 293 g/mol. The second-order valence-electron chi connectivity index (χ2n) is 5.17. The van der Waals surface area contributed by atoms with E-state index >= 15 is 0 Å². The molecule has 0 bridgehead atoms. The van der Waals surface area contributed by atoms with Gasteiger partial charge in [0.2, 0.25) is 0 Å². The van der Waals surface area contributed by atoms with Gasteiger partial charge in [0.15, 0.2) is 0 Å². The van der Waals surface area contributed by atoms with Crippen LogP contribution in [0.1, 0.15) is 17.2 Å². The average Bonchev–Trinajstić information content (AvgIpc) is 2.55. The molecule has 4 heteroatoms. The summed E-state index contributed by atoms with van der Waals surface area (Å²) >= 11 is 1.98. The summed E-state index contributed by atoms with van der Waals surface area (Å²) < 4.78 is 0. The highest BCUT2D eigenvalue weighted by Gasteiger charge is 2.19. The lowest BCUT2D eigenvalue weighted by Gasteiger charge is -2.27. The van der Waals surface area contributed by atoms with Crippen LogP contribution in [0.15, 0.2) is 54.9 Å². The van der Waals surface area contributed by atoms with E-state index in [-0.39, 0.29) is 0 Å². The number of aromatic nitrogens is 2. The van der Waals surface area contributed by atoms with Crippen LogP contribution in [0.5, 0.6) is 0 Å². The Hall–Kier alpha value is -2.07. The van der Waals surface area contributed by atoms with Gasteiger partial charge in [0.1, 0.15) is 0 Å². The summed E-state index contributed by atoms with van der Waals surface area (Å²) in [4.78, 5) is 8.68. The van der Waals surface area contributed by atoms with Crippen molar-refractivity contribution in [2.24, 2.45) is 0 Å². The summed E-state index contributed by atoms with van der Waals surface area (Å²) in [7, 11) is 0. The fourth-order valence-corrected chi connectivity index (χ4v) is 3.86. The standard InChI is InChI=1S/C17H15N3S/c1-2-4-14-12(3-1)10-21-11-17(14)20-13-5-6-15-16(9-13)19-8-7-18-15/h1-9,17,20H,10-11H2. The van der Waals surface area contributed by atoms with E-state index in [1.165, 1.54) is 11.1 Å². The Morgan fingerprint density at radius 3 is 2.81 bits per heavy atom. The molecule has 0 saturated heterocycles. The smallest absolute Gasteiger partial charge is 0.0907 e. The lowest BCUT2D eigenvalue weighted by Crippen LogP contribution is -2.18. The first-order chi connectivity index (χ1) is 10.4. The first-order valence-electron chi connectivity index (χ1n) is 7.03. The van der Waals surface area contributed by atoms with Gasteiger partial charge in [0, 0.05) is 29.6 Å². The van der Waals surface area contributed by atoms with E-state index in [0.29, 0.717) is 6.04 Å². The summed E-state index contributed by atoms with van der Waals surface area (Å²) in [6.45, 7) is 0. The number of thioether (sulfide) groups is 1. The highest BCUT2D eigenvalue weighted by molar-refractivity contribution is 7.98. The second-order valence-corrected chi connectivity index (χ2v) is 6.20. The van der Waals surface area contributed by atoms with Crippen molar-refractivity contribution < 1.29 is 0 Å². The number of rotatable bonds is 2. The van der Waals surface area contributed by atoms with Gasteiger partial charge < -0.3 is 5.32 Å². The summed E-state index contributed by atoms with van der Waals surface area (Å²) in [6, 6.07) is 15.2. The third-order valence-electron chi connectivity index (χ3n) is 3.78. The quantitative estimate of drug-likeness (QED) is 0.774. The van der Waals surface area contributed by atoms with E-state index in [0.717, 1.165) is 28.2 Å². The third kappa shape index (κ3) is 2.47. The number of hydrogen-bond donors (Lipinski definition) is 1. The Labute approximate surface area is 127 Å². The van der Waals surface area contributed by atoms with Crippen molar-refractivity contribution in [1.29, 1.82) is 0 Å². The van der Waals surface area contributed by atoms with Crippen molar-refractivity contribution in [1.82, 2.24) is 9.97 Å². The fraction of sp³-hybridized carbons (Fsp3) is 0.176. The number of nitrogens with one attached hydrogen (secondary N) is 1.